The number of halogens is 1. The first-order valence-corrected chi connectivity index (χ1v) is 7.61. The third-order valence-electron chi connectivity index (χ3n) is 2.65. The first-order valence-electron chi connectivity index (χ1n) is 6.42. The molecule has 0 unspecified atom stereocenters. The Kier molecular flexibility index (Phi) is 5.41. The first kappa shape index (κ1) is 16.3. The van der Waals surface area contributed by atoms with E-state index in [-0.39, 0.29) is 16.6 Å². The van der Waals surface area contributed by atoms with Crippen LogP contribution in [-0.4, -0.2) is 35.1 Å². The highest BCUT2D eigenvalue weighted by Gasteiger charge is 2.20. The molecule has 1 N–H and O–H groups in total. The zero-order valence-corrected chi connectivity index (χ0v) is 13.7. The van der Waals surface area contributed by atoms with Gasteiger partial charge in [-0.2, -0.15) is 0 Å². The molecule has 0 aliphatic rings. The number of aromatic nitrogens is 1. The van der Waals surface area contributed by atoms with Crippen LogP contribution in [0.5, 0.6) is 5.75 Å². The van der Waals surface area contributed by atoms with Gasteiger partial charge < -0.3 is 14.7 Å². The monoisotopic (exact) mass is 338 g/mol. The van der Waals surface area contributed by atoms with E-state index < -0.39 is 5.97 Å². The van der Waals surface area contributed by atoms with Gasteiger partial charge in [0.1, 0.15) is 12.4 Å². The predicted molar refractivity (Wildman–Crippen MR) is 87.2 cm³/mol. The third-order valence-corrected chi connectivity index (χ3v) is 3.89. The molecule has 0 saturated heterocycles. The van der Waals surface area contributed by atoms with Crippen molar-refractivity contribution in [2.45, 2.75) is 6.61 Å². The molecule has 0 aliphatic carbocycles. The van der Waals surface area contributed by atoms with Gasteiger partial charge in [-0.1, -0.05) is 29.8 Å². The summed E-state index contributed by atoms with van der Waals surface area (Å²) in [6.07, 6.45) is 1.53. The molecule has 2 rings (SSSR count). The molecule has 1 heterocycles. The minimum Gasteiger partial charge on any atom is -0.487 e. The van der Waals surface area contributed by atoms with Crippen molar-refractivity contribution in [3.8, 4) is 5.75 Å². The fraction of sp³-hybridized carbons (Fsp3) is 0.200. The highest BCUT2D eigenvalue weighted by atomic mass is 35.5. The number of carboxylic acids is 1. The summed E-state index contributed by atoms with van der Waals surface area (Å²) in [5.74, 6) is -0.346. The molecule has 1 aromatic heterocycles. The maximum absolute atomic E-state index is 11.5. The van der Waals surface area contributed by atoms with Crippen molar-refractivity contribution in [1.82, 2.24) is 9.88 Å². The van der Waals surface area contributed by atoms with Crippen molar-refractivity contribution < 1.29 is 14.6 Å². The summed E-state index contributed by atoms with van der Waals surface area (Å²) in [5, 5.41) is 9.39. The third kappa shape index (κ3) is 4.22. The van der Waals surface area contributed by atoms with Gasteiger partial charge in [0.05, 0.1) is 16.1 Å². The van der Waals surface area contributed by atoms with Crippen LogP contribution in [0, 0.1) is 0 Å². The standard InChI is InChI=1S/C15H15ClN2O3S/c1-18(2)8-11(14(19)20)13-12(17-15(16)22-13)9-21-10-6-4-3-5-7-10/h3-8H,9H2,1-2H3,(H,19,20). The lowest BCUT2D eigenvalue weighted by molar-refractivity contribution is -0.130. The summed E-state index contributed by atoms with van der Waals surface area (Å²) in [5.41, 5.74) is 0.649. The molecule has 5 nitrogen and oxygen atoms in total. The van der Waals surface area contributed by atoms with Crippen LogP contribution in [0.2, 0.25) is 4.47 Å². The SMILES string of the molecule is CN(C)C=C(C(=O)O)c1sc(Cl)nc1COc1ccccc1. The van der Waals surface area contributed by atoms with Gasteiger partial charge in [0.15, 0.2) is 4.47 Å². The van der Waals surface area contributed by atoms with Crippen molar-refractivity contribution >= 4 is 34.5 Å². The second kappa shape index (κ2) is 7.29. The average Bonchev–Trinajstić information content (AvgIpc) is 2.84. The van der Waals surface area contributed by atoms with Gasteiger partial charge in [0.25, 0.3) is 0 Å². The lowest BCUT2D eigenvalue weighted by Gasteiger charge is -2.09. The molecule has 0 bridgehead atoms. The number of para-hydroxylation sites is 1. The Morgan fingerprint density at radius 3 is 2.68 bits per heavy atom. The number of aliphatic carboxylic acids is 1. The van der Waals surface area contributed by atoms with Crippen molar-refractivity contribution in [3.05, 3.63) is 51.6 Å². The van der Waals surface area contributed by atoms with Crippen LogP contribution in [-0.2, 0) is 11.4 Å². The summed E-state index contributed by atoms with van der Waals surface area (Å²) < 4.78 is 5.92. The van der Waals surface area contributed by atoms with Crippen molar-refractivity contribution in [2.75, 3.05) is 14.1 Å². The van der Waals surface area contributed by atoms with Gasteiger partial charge in [-0.3, -0.25) is 0 Å². The number of benzene rings is 1. The number of carboxylic acid groups (broad SMARTS) is 1. The molecule has 1 aromatic carbocycles. The molecular weight excluding hydrogens is 324 g/mol. The van der Waals surface area contributed by atoms with Crippen LogP contribution < -0.4 is 4.74 Å². The fourth-order valence-electron chi connectivity index (χ4n) is 1.77. The average molecular weight is 339 g/mol. The second-order valence-corrected chi connectivity index (χ2v) is 6.24. The van der Waals surface area contributed by atoms with Gasteiger partial charge in [0, 0.05) is 20.3 Å². The van der Waals surface area contributed by atoms with E-state index in [1.54, 1.807) is 19.0 Å². The second-order valence-electron chi connectivity index (χ2n) is 4.66. The zero-order valence-electron chi connectivity index (χ0n) is 12.1. The van der Waals surface area contributed by atoms with E-state index in [2.05, 4.69) is 4.98 Å². The Morgan fingerprint density at radius 2 is 2.09 bits per heavy atom. The largest absolute Gasteiger partial charge is 0.487 e. The molecule has 116 valence electrons. The normalized spacial score (nSPS) is 11.3. The molecule has 0 amide bonds. The Bertz CT molecular complexity index is 683. The molecule has 22 heavy (non-hydrogen) atoms. The quantitative estimate of drug-likeness (QED) is 0.818. The van der Waals surface area contributed by atoms with E-state index in [1.165, 1.54) is 6.20 Å². The van der Waals surface area contributed by atoms with E-state index in [0.29, 0.717) is 16.3 Å². The number of nitrogens with zero attached hydrogens (tertiary/aromatic N) is 2. The van der Waals surface area contributed by atoms with Gasteiger partial charge in [-0.15, -0.1) is 11.3 Å². The van der Waals surface area contributed by atoms with Crippen LogP contribution in [0.25, 0.3) is 5.57 Å². The Morgan fingerprint density at radius 1 is 1.41 bits per heavy atom. The lowest BCUT2D eigenvalue weighted by atomic mass is 10.2. The van der Waals surface area contributed by atoms with Gasteiger partial charge in [0.2, 0.25) is 0 Å². The molecule has 0 fully saturated rings. The Hall–Kier alpha value is -2.05. The van der Waals surface area contributed by atoms with Crippen LogP contribution in [0.15, 0.2) is 36.5 Å². The lowest BCUT2D eigenvalue weighted by Crippen LogP contribution is -2.09. The van der Waals surface area contributed by atoms with E-state index in [4.69, 9.17) is 16.3 Å². The van der Waals surface area contributed by atoms with E-state index in [1.807, 2.05) is 30.3 Å². The smallest absolute Gasteiger partial charge is 0.338 e. The molecule has 0 spiro atoms. The van der Waals surface area contributed by atoms with Gasteiger partial charge in [-0.25, -0.2) is 9.78 Å². The van der Waals surface area contributed by atoms with Crippen LogP contribution >= 0.6 is 22.9 Å². The summed E-state index contributed by atoms with van der Waals surface area (Å²) in [6, 6.07) is 9.25. The molecule has 0 aliphatic heterocycles. The van der Waals surface area contributed by atoms with Crippen LogP contribution in [0.1, 0.15) is 10.6 Å². The van der Waals surface area contributed by atoms with Crippen molar-refractivity contribution in [1.29, 1.82) is 0 Å². The number of ether oxygens (including phenoxy) is 1. The van der Waals surface area contributed by atoms with E-state index >= 15 is 0 Å². The predicted octanol–water partition coefficient (Wildman–Crippen LogP) is 3.36. The maximum atomic E-state index is 11.5. The van der Waals surface area contributed by atoms with Gasteiger partial charge in [-0.05, 0) is 12.1 Å². The van der Waals surface area contributed by atoms with Crippen LogP contribution in [0.4, 0.5) is 0 Å². The Balaban J connectivity index is 2.27. The summed E-state index contributed by atoms with van der Waals surface area (Å²) in [6.45, 7) is 0.153. The number of hydrogen-bond donors (Lipinski definition) is 1. The molecule has 0 radical (unpaired) electrons. The van der Waals surface area contributed by atoms with Gasteiger partial charge >= 0.3 is 5.97 Å². The van der Waals surface area contributed by atoms with Crippen molar-refractivity contribution in [3.63, 3.8) is 0 Å². The first-order chi connectivity index (χ1) is 10.5. The van der Waals surface area contributed by atoms with Crippen molar-refractivity contribution in [2.24, 2.45) is 0 Å². The Labute approximate surface area is 137 Å². The maximum Gasteiger partial charge on any atom is 0.338 e. The molecule has 2 aromatic rings. The van der Waals surface area contributed by atoms with E-state index in [9.17, 15) is 9.90 Å². The zero-order chi connectivity index (χ0) is 16.1. The summed E-state index contributed by atoms with van der Waals surface area (Å²) >= 11 is 7.08. The van der Waals surface area contributed by atoms with E-state index in [0.717, 1.165) is 11.3 Å². The number of rotatable bonds is 6. The fourth-order valence-corrected chi connectivity index (χ4v) is 2.90. The topological polar surface area (TPSA) is 62.7 Å². The molecule has 0 saturated carbocycles. The highest BCUT2D eigenvalue weighted by Crippen LogP contribution is 2.30. The number of thiazole rings is 1. The number of hydrogen-bond acceptors (Lipinski definition) is 5. The molecule has 0 atom stereocenters. The summed E-state index contributed by atoms with van der Waals surface area (Å²) in [7, 11) is 3.51. The highest BCUT2D eigenvalue weighted by molar-refractivity contribution is 7.17. The molecular formula is C15H15ClN2O3S. The minimum atomic E-state index is -1.03. The number of carbonyl (C=O) groups is 1. The molecule has 7 heteroatoms. The van der Waals surface area contributed by atoms with Crippen LogP contribution in [0.3, 0.4) is 0 Å². The minimum absolute atomic E-state index is 0.140. The summed E-state index contributed by atoms with van der Waals surface area (Å²) in [4.78, 5) is 17.8.